The quantitative estimate of drug-likeness (QED) is 0.370. The monoisotopic (exact) mass is 474 g/mol. The number of methoxy groups -OCH3 is 1. The molecule has 2 heterocycles. The molecule has 2 aromatic heterocycles. The Morgan fingerprint density at radius 1 is 1.06 bits per heavy atom. The van der Waals surface area contributed by atoms with Crippen LogP contribution in [0.5, 0.6) is 0 Å². The lowest BCUT2D eigenvalue weighted by Crippen LogP contribution is -2.32. The number of nitrogens with zero attached hydrogens (tertiary/aromatic N) is 5. The summed E-state index contributed by atoms with van der Waals surface area (Å²) in [6, 6.07) is 14.6. The topological polar surface area (TPSA) is 88.9 Å². The SMILES string of the molecule is CC[C@@H](c1nnnn1CCOC)N(Cc1ccc(C)cc1)Cc1cc2c(C)cc(C)cc2[nH]c1=O. The van der Waals surface area contributed by atoms with Crippen molar-refractivity contribution in [2.45, 2.75) is 59.8 Å². The second-order valence-electron chi connectivity index (χ2n) is 9.23. The Morgan fingerprint density at radius 3 is 2.54 bits per heavy atom. The molecular weight excluding hydrogens is 440 g/mol. The molecule has 0 radical (unpaired) electrons. The summed E-state index contributed by atoms with van der Waals surface area (Å²) in [5.41, 5.74) is 6.21. The van der Waals surface area contributed by atoms with E-state index in [9.17, 15) is 4.79 Å². The van der Waals surface area contributed by atoms with E-state index in [0.29, 0.717) is 26.2 Å². The van der Waals surface area contributed by atoms with E-state index in [-0.39, 0.29) is 11.6 Å². The summed E-state index contributed by atoms with van der Waals surface area (Å²) in [5.74, 6) is 0.778. The molecule has 0 amide bonds. The molecule has 4 rings (SSSR count). The van der Waals surface area contributed by atoms with Crippen molar-refractivity contribution in [3.63, 3.8) is 0 Å². The van der Waals surface area contributed by atoms with Crippen LogP contribution in [0.2, 0.25) is 0 Å². The van der Waals surface area contributed by atoms with Gasteiger partial charge in [0.05, 0.1) is 19.2 Å². The Kier molecular flexibility index (Phi) is 7.73. The zero-order chi connectivity index (χ0) is 24.9. The van der Waals surface area contributed by atoms with Crippen molar-refractivity contribution < 1.29 is 4.74 Å². The standard InChI is InChI=1S/C27H34N6O2/c1-6-25(26-29-30-31-33(26)11-12-35-5)32(16-21-9-7-18(2)8-10-21)17-22-15-23-20(4)13-19(3)14-24(23)28-27(22)34/h7-10,13-15,25H,6,11-12,16-17H2,1-5H3,(H,28,34)/t25-/m0/s1. The van der Waals surface area contributed by atoms with Crippen molar-refractivity contribution in [2.75, 3.05) is 13.7 Å². The van der Waals surface area contributed by atoms with Crippen LogP contribution in [-0.4, -0.2) is 43.8 Å². The van der Waals surface area contributed by atoms with Gasteiger partial charge in [-0.3, -0.25) is 9.69 Å². The fourth-order valence-electron chi connectivity index (χ4n) is 4.65. The number of nitrogens with one attached hydrogen (secondary N) is 1. The van der Waals surface area contributed by atoms with Gasteiger partial charge in [-0.15, -0.1) is 5.10 Å². The van der Waals surface area contributed by atoms with E-state index in [4.69, 9.17) is 4.74 Å². The number of fused-ring (bicyclic) bond motifs is 1. The summed E-state index contributed by atoms with van der Waals surface area (Å²) in [6.45, 7) is 10.6. The Hall–Kier alpha value is -3.36. The van der Waals surface area contributed by atoms with Crippen molar-refractivity contribution in [1.29, 1.82) is 0 Å². The van der Waals surface area contributed by atoms with Crippen molar-refractivity contribution >= 4 is 10.9 Å². The first-order valence-corrected chi connectivity index (χ1v) is 12.1. The molecule has 0 fully saturated rings. The van der Waals surface area contributed by atoms with Gasteiger partial charge in [0, 0.05) is 36.7 Å². The molecule has 8 nitrogen and oxygen atoms in total. The highest BCUT2D eigenvalue weighted by Gasteiger charge is 2.26. The first kappa shape index (κ1) is 24.8. The second-order valence-corrected chi connectivity index (χ2v) is 9.23. The first-order chi connectivity index (χ1) is 16.9. The maximum Gasteiger partial charge on any atom is 0.252 e. The molecule has 0 aliphatic heterocycles. The molecular formula is C27H34N6O2. The van der Waals surface area contributed by atoms with Gasteiger partial charge in [-0.05, 0) is 66.4 Å². The number of ether oxygens (including phenoxy) is 1. The minimum absolute atomic E-state index is 0.0646. The number of pyridine rings is 1. The minimum Gasteiger partial charge on any atom is -0.383 e. The molecule has 2 aromatic carbocycles. The van der Waals surface area contributed by atoms with Crippen LogP contribution in [0.3, 0.4) is 0 Å². The highest BCUT2D eigenvalue weighted by molar-refractivity contribution is 5.83. The predicted molar refractivity (Wildman–Crippen MR) is 137 cm³/mol. The van der Waals surface area contributed by atoms with Crippen molar-refractivity contribution in [1.82, 2.24) is 30.1 Å². The van der Waals surface area contributed by atoms with Gasteiger partial charge in [0.25, 0.3) is 5.56 Å². The Balaban J connectivity index is 1.74. The van der Waals surface area contributed by atoms with Gasteiger partial charge in [0.2, 0.25) is 0 Å². The third-order valence-electron chi connectivity index (χ3n) is 6.46. The number of rotatable bonds is 10. The van der Waals surface area contributed by atoms with Gasteiger partial charge in [0.1, 0.15) is 0 Å². The summed E-state index contributed by atoms with van der Waals surface area (Å²) >= 11 is 0. The normalized spacial score (nSPS) is 12.5. The zero-order valence-electron chi connectivity index (χ0n) is 21.2. The lowest BCUT2D eigenvalue weighted by Gasteiger charge is -2.30. The molecule has 0 spiro atoms. The lowest BCUT2D eigenvalue weighted by atomic mass is 10.0. The number of aromatic amines is 1. The highest BCUT2D eigenvalue weighted by atomic mass is 16.5. The van der Waals surface area contributed by atoms with Gasteiger partial charge in [-0.25, -0.2) is 4.68 Å². The van der Waals surface area contributed by atoms with Crippen LogP contribution in [0.1, 0.15) is 53.0 Å². The van der Waals surface area contributed by atoms with Crippen LogP contribution in [0, 0.1) is 20.8 Å². The Bertz CT molecular complexity index is 1340. The van der Waals surface area contributed by atoms with E-state index in [1.54, 1.807) is 11.8 Å². The summed E-state index contributed by atoms with van der Waals surface area (Å²) in [7, 11) is 1.67. The number of H-pyrrole nitrogens is 1. The van der Waals surface area contributed by atoms with Crippen LogP contribution in [0.25, 0.3) is 10.9 Å². The molecule has 35 heavy (non-hydrogen) atoms. The molecule has 1 atom stereocenters. The Morgan fingerprint density at radius 2 is 1.83 bits per heavy atom. The van der Waals surface area contributed by atoms with E-state index in [1.165, 1.54) is 11.1 Å². The molecule has 184 valence electrons. The molecule has 0 saturated heterocycles. The molecule has 8 heteroatoms. The minimum atomic E-state index is -0.0719. The van der Waals surface area contributed by atoms with Gasteiger partial charge in [0.15, 0.2) is 5.82 Å². The van der Waals surface area contributed by atoms with Crippen molar-refractivity contribution in [3.8, 4) is 0 Å². The van der Waals surface area contributed by atoms with Crippen LogP contribution in [0.4, 0.5) is 0 Å². The van der Waals surface area contributed by atoms with Crippen LogP contribution < -0.4 is 5.56 Å². The number of hydrogen-bond donors (Lipinski definition) is 1. The summed E-state index contributed by atoms with van der Waals surface area (Å²) in [5, 5.41) is 13.6. The van der Waals surface area contributed by atoms with Gasteiger partial charge < -0.3 is 9.72 Å². The lowest BCUT2D eigenvalue weighted by molar-refractivity contribution is 0.151. The van der Waals surface area contributed by atoms with Crippen LogP contribution in [-0.2, 0) is 24.4 Å². The van der Waals surface area contributed by atoms with E-state index in [2.05, 4.69) is 76.5 Å². The summed E-state index contributed by atoms with van der Waals surface area (Å²) < 4.78 is 7.05. The number of benzene rings is 2. The van der Waals surface area contributed by atoms with Gasteiger partial charge >= 0.3 is 0 Å². The maximum absolute atomic E-state index is 13.1. The number of aromatic nitrogens is 5. The third kappa shape index (κ3) is 5.66. The molecule has 0 bridgehead atoms. The summed E-state index contributed by atoms with van der Waals surface area (Å²) in [4.78, 5) is 18.5. The molecule has 0 aliphatic carbocycles. The summed E-state index contributed by atoms with van der Waals surface area (Å²) in [6.07, 6.45) is 0.795. The molecule has 1 N–H and O–H groups in total. The molecule has 0 unspecified atom stereocenters. The number of aryl methyl sites for hydroxylation is 3. The van der Waals surface area contributed by atoms with Gasteiger partial charge in [-0.1, -0.05) is 42.8 Å². The van der Waals surface area contributed by atoms with E-state index < -0.39 is 0 Å². The third-order valence-corrected chi connectivity index (χ3v) is 6.46. The fourth-order valence-corrected chi connectivity index (χ4v) is 4.65. The number of tetrazole rings is 1. The van der Waals surface area contributed by atoms with Crippen molar-refractivity contribution in [2.24, 2.45) is 0 Å². The molecule has 4 aromatic rings. The fraction of sp³-hybridized carbons (Fsp3) is 0.407. The average Bonchev–Trinajstić information content (AvgIpc) is 3.28. The van der Waals surface area contributed by atoms with E-state index in [1.807, 2.05) is 19.1 Å². The number of hydrogen-bond acceptors (Lipinski definition) is 6. The molecule has 0 aliphatic rings. The Labute approximate surface area is 205 Å². The zero-order valence-corrected chi connectivity index (χ0v) is 21.2. The van der Waals surface area contributed by atoms with Crippen LogP contribution in [0.15, 0.2) is 47.3 Å². The van der Waals surface area contributed by atoms with Crippen molar-refractivity contribution in [3.05, 3.63) is 86.5 Å². The second kappa shape index (κ2) is 10.9. The average molecular weight is 475 g/mol. The predicted octanol–water partition coefficient (Wildman–Crippen LogP) is 4.24. The first-order valence-electron chi connectivity index (χ1n) is 12.1. The van der Waals surface area contributed by atoms with E-state index >= 15 is 0 Å². The highest BCUT2D eigenvalue weighted by Crippen LogP contribution is 2.27. The smallest absolute Gasteiger partial charge is 0.252 e. The molecule has 0 saturated carbocycles. The maximum atomic E-state index is 13.1. The van der Waals surface area contributed by atoms with Crippen LogP contribution >= 0.6 is 0 Å². The van der Waals surface area contributed by atoms with E-state index in [0.717, 1.165) is 39.8 Å². The largest absolute Gasteiger partial charge is 0.383 e. The van der Waals surface area contributed by atoms with Gasteiger partial charge in [-0.2, -0.15) is 0 Å².